The fourth-order valence-electron chi connectivity index (χ4n) is 2.03. The van der Waals surface area contributed by atoms with Crippen molar-refractivity contribution in [1.29, 1.82) is 0 Å². The first-order valence-electron chi connectivity index (χ1n) is 6.48. The average Bonchev–Trinajstić information content (AvgIpc) is 2.33. The molecule has 0 aliphatic heterocycles. The zero-order valence-electron chi connectivity index (χ0n) is 12.2. The Labute approximate surface area is 115 Å². The standard InChI is InChI=1S/C15H23NO3/c1-11-8-13(14(19-4)9-12(11)2)10-16(3)7-5-6-15(17)18/h8-9H,5-7,10H2,1-4H3,(H,17,18). The fourth-order valence-corrected chi connectivity index (χ4v) is 2.03. The smallest absolute Gasteiger partial charge is 0.303 e. The summed E-state index contributed by atoms with van der Waals surface area (Å²) in [6.45, 7) is 5.69. The Morgan fingerprint density at radius 3 is 2.53 bits per heavy atom. The Morgan fingerprint density at radius 1 is 1.32 bits per heavy atom. The van der Waals surface area contributed by atoms with Crippen LogP contribution in [0.5, 0.6) is 5.75 Å². The maximum atomic E-state index is 10.5. The van der Waals surface area contributed by atoms with Crippen molar-refractivity contribution < 1.29 is 14.6 Å². The van der Waals surface area contributed by atoms with Crippen LogP contribution in [0.4, 0.5) is 0 Å². The molecule has 19 heavy (non-hydrogen) atoms. The van der Waals surface area contributed by atoms with E-state index in [-0.39, 0.29) is 6.42 Å². The molecule has 0 unspecified atom stereocenters. The number of benzene rings is 1. The second-order valence-corrected chi connectivity index (χ2v) is 4.98. The number of aryl methyl sites for hydroxylation is 2. The van der Waals surface area contributed by atoms with E-state index in [1.807, 2.05) is 7.05 Å². The van der Waals surface area contributed by atoms with Crippen LogP contribution in [-0.4, -0.2) is 36.7 Å². The summed E-state index contributed by atoms with van der Waals surface area (Å²) in [6.07, 6.45) is 0.882. The second kappa shape index (κ2) is 7.14. The molecule has 1 N–H and O–H groups in total. The average molecular weight is 265 g/mol. The van der Waals surface area contributed by atoms with Crippen molar-refractivity contribution in [2.24, 2.45) is 0 Å². The van der Waals surface area contributed by atoms with Crippen molar-refractivity contribution in [3.8, 4) is 5.75 Å². The number of methoxy groups -OCH3 is 1. The van der Waals surface area contributed by atoms with E-state index in [0.29, 0.717) is 6.42 Å². The van der Waals surface area contributed by atoms with Gasteiger partial charge in [-0.2, -0.15) is 0 Å². The Morgan fingerprint density at radius 2 is 1.95 bits per heavy atom. The highest BCUT2D eigenvalue weighted by Crippen LogP contribution is 2.24. The van der Waals surface area contributed by atoms with Gasteiger partial charge in [-0.1, -0.05) is 6.07 Å². The van der Waals surface area contributed by atoms with Crippen molar-refractivity contribution >= 4 is 5.97 Å². The largest absolute Gasteiger partial charge is 0.496 e. The maximum Gasteiger partial charge on any atom is 0.303 e. The lowest BCUT2D eigenvalue weighted by molar-refractivity contribution is -0.137. The predicted octanol–water partition coefficient (Wildman–Crippen LogP) is 2.61. The van der Waals surface area contributed by atoms with Crippen molar-refractivity contribution in [2.45, 2.75) is 33.2 Å². The molecule has 0 saturated carbocycles. The quantitative estimate of drug-likeness (QED) is 0.823. The van der Waals surface area contributed by atoms with Crippen molar-refractivity contribution in [1.82, 2.24) is 4.90 Å². The van der Waals surface area contributed by atoms with Gasteiger partial charge in [0, 0.05) is 18.5 Å². The summed E-state index contributed by atoms with van der Waals surface area (Å²) in [5, 5.41) is 8.63. The van der Waals surface area contributed by atoms with E-state index in [1.54, 1.807) is 7.11 Å². The first kappa shape index (κ1) is 15.5. The maximum absolute atomic E-state index is 10.5. The summed E-state index contributed by atoms with van der Waals surface area (Å²) < 4.78 is 5.40. The van der Waals surface area contributed by atoms with Gasteiger partial charge in [-0.3, -0.25) is 4.79 Å². The molecule has 0 aliphatic rings. The molecule has 0 bridgehead atoms. The van der Waals surface area contributed by atoms with E-state index < -0.39 is 5.97 Å². The fraction of sp³-hybridized carbons (Fsp3) is 0.533. The van der Waals surface area contributed by atoms with Crippen LogP contribution in [0.3, 0.4) is 0 Å². The summed E-state index contributed by atoms with van der Waals surface area (Å²) in [5.74, 6) is 0.158. The second-order valence-electron chi connectivity index (χ2n) is 4.98. The number of carboxylic acids is 1. The zero-order valence-corrected chi connectivity index (χ0v) is 12.2. The highest BCUT2D eigenvalue weighted by Gasteiger charge is 2.09. The Balaban J connectivity index is 2.65. The molecule has 4 nitrogen and oxygen atoms in total. The molecule has 0 radical (unpaired) electrons. The van der Waals surface area contributed by atoms with Gasteiger partial charge < -0.3 is 14.7 Å². The molecule has 0 spiro atoms. The molecule has 0 heterocycles. The first-order chi connectivity index (χ1) is 8.93. The van der Waals surface area contributed by atoms with Crippen molar-refractivity contribution in [3.05, 3.63) is 28.8 Å². The number of ether oxygens (including phenoxy) is 1. The highest BCUT2D eigenvalue weighted by molar-refractivity contribution is 5.66. The summed E-state index contributed by atoms with van der Waals surface area (Å²) in [6, 6.07) is 4.19. The van der Waals surface area contributed by atoms with E-state index in [0.717, 1.165) is 24.4 Å². The van der Waals surface area contributed by atoms with Crippen LogP contribution >= 0.6 is 0 Å². The van der Waals surface area contributed by atoms with Gasteiger partial charge in [-0.05, 0) is 51.1 Å². The molecule has 0 aliphatic carbocycles. The van der Waals surface area contributed by atoms with Gasteiger partial charge in [0.1, 0.15) is 5.75 Å². The van der Waals surface area contributed by atoms with Crippen LogP contribution < -0.4 is 4.74 Å². The molecule has 0 fully saturated rings. The van der Waals surface area contributed by atoms with Crippen LogP contribution in [0.25, 0.3) is 0 Å². The molecular weight excluding hydrogens is 242 g/mol. The minimum Gasteiger partial charge on any atom is -0.496 e. The van der Waals surface area contributed by atoms with Gasteiger partial charge in [0.25, 0.3) is 0 Å². The van der Waals surface area contributed by atoms with Gasteiger partial charge in [0.15, 0.2) is 0 Å². The van der Waals surface area contributed by atoms with Crippen LogP contribution in [0.1, 0.15) is 29.5 Å². The third-order valence-electron chi connectivity index (χ3n) is 3.27. The van der Waals surface area contributed by atoms with Gasteiger partial charge in [0.05, 0.1) is 7.11 Å². The summed E-state index contributed by atoms with van der Waals surface area (Å²) in [5.41, 5.74) is 3.60. The lowest BCUT2D eigenvalue weighted by Crippen LogP contribution is -2.20. The molecule has 4 heteroatoms. The number of hydrogen-bond acceptors (Lipinski definition) is 3. The lowest BCUT2D eigenvalue weighted by Gasteiger charge is -2.19. The highest BCUT2D eigenvalue weighted by atomic mass is 16.5. The molecule has 1 aromatic carbocycles. The van der Waals surface area contributed by atoms with Crippen LogP contribution in [-0.2, 0) is 11.3 Å². The predicted molar refractivity (Wildman–Crippen MR) is 75.7 cm³/mol. The van der Waals surface area contributed by atoms with E-state index >= 15 is 0 Å². The summed E-state index contributed by atoms with van der Waals surface area (Å²) >= 11 is 0. The zero-order chi connectivity index (χ0) is 14.4. The van der Waals surface area contributed by atoms with Gasteiger partial charge in [-0.25, -0.2) is 0 Å². The molecule has 0 saturated heterocycles. The Hall–Kier alpha value is -1.55. The monoisotopic (exact) mass is 265 g/mol. The van der Waals surface area contributed by atoms with Crippen LogP contribution in [0.2, 0.25) is 0 Å². The van der Waals surface area contributed by atoms with Gasteiger partial charge in [-0.15, -0.1) is 0 Å². The molecule has 106 valence electrons. The Kier molecular flexibility index (Phi) is 5.83. The summed E-state index contributed by atoms with van der Waals surface area (Å²) in [7, 11) is 3.68. The number of carbonyl (C=O) groups is 1. The minimum atomic E-state index is -0.739. The number of aliphatic carboxylic acids is 1. The topological polar surface area (TPSA) is 49.8 Å². The van der Waals surface area contributed by atoms with E-state index in [9.17, 15) is 4.79 Å². The van der Waals surface area contributed by atoms with Gasteiger partial charge in [0.2, 0.25) is 0 Å². The molecule has 0 amide bonds. The number of hydrogen-bond donors (Lipinski definition) is 1. The minimum absolute atomic E-state index is 0.217. The van der Waals surface area contributed by atoms with Gasteiger partial charge >= 0.3 is 5.97 Å². The number of rotatable bonds is 7. The molecule has 1 aromatic rings. The first-order valence-corrected chi connectivity index (χ1v) is 6.48. The molecule has 0 atom stereocenters. The van der Waals surface area contributed by atoms with E-state index in [1.165, 1.54) is 11.1 Å². The summed E-state index contributed by atoms with van der Waals surface area (Å²) in [4.78, 5) is 12.6. The normalized spacial score (nSPS) is 10.8. The van der Waals surface area contributed by atoms with Crippen LogP contribution in [0, 0.1) is 13.8 Å². The van der Waals surface area contributed by atoms with E-state index in [2.05, 4.69) is 30.9 Å². The lowest BCUT2D eigenvalue weighted by atomic mass is 10.0. The number of carboxylic acid groups (broad SMARTS) is 1. The SMILES string of the molecule is COc1cc(C)c(C)cc1CN(C)CCCC(=O)O. The molecular formula is C15H23NO3. The third-order valence-corrected chi connectivity index (χ3v) is 3.27. The van der Waals surface area contributed by atoms with Crippen LogP contribution in [0.15, 0.2) is 12.1 Å². The number of nitrogens with zero attached hydrogens (tertiary/aromatic N) is 1. The van der Waals surface area contributed by atoms with E-state index in [4.69, 9.17) is 9.84 Å². The third kappa shape index (κ3) is 4.91. The Bertz CT molecular complexity index is 443. The molecule has 1 rings (SSSR count). The molecule has 0 aromatic heterocycles. The van der Waals surface area contributed by atoms with Crippen molar-refractivity contribution in [2.75, 3.05) is 20.7 Å². The van der Waals surface area contributed by atoms with Crippen molar-refractivity contribution in [3.63, 3.8) is 0 Å².